The topological polar surface area (TPSA) is 21.3 Å². The highest BCUT2D eigenvalue weighted by atomic mass is 19.2. The number of hydrogen-bond acceptors (Lipinski definition) is 2. The minimum absolute atomic E-state index is 0.187. The van der Waals surface area contributed by atoms with Gasteiger partial charge in [-0.2, -0.15) is 0 Å². The number of nitrogens with one attached hydrogen (secondary N) is 1. The third-order valence-corrected chi connectivity index (χ3v) is 3.34. The molecule has 0 aromatic heterocycles. The van der Waals surface area contributed by atoms with Crippen molar-refractivity contribution in [1.82, 2.24) is 5.32 Å². The first kappa shape index (κ1) is 14.1. The number of likely N-dealkylation sites (N-methyl/N-ethyl adjacent to an activating group) is 1. The second kappa shape index (κ2) is 5.56. The summed E-state index contributed by atoms with van der Waals surface area (Å²) in [6, 6.07) is 3.74. The first-order valence-corrected chi connectivity index (χ1v) is 5.66. The van der Waals surface area contributed by atoms with E-state index in [1.165, 1.54) is 6.07 Å². The van der Waals surface area contributed by atoms with E-state index in [0.717, 1.165) is 12.5 Å². The molecule has 0 heterocycles. The van der Waals surface area contributed by atoms with E-state index in [1.54, 1.807) is 20.2 Å². The van der Waals surface area contributed by atoms with Crippen LogP contribution in [0.2, 0.25) is 0 Å². The molecule has 0 saturated carbocycles. The summed E-state index contributed by atoms with van der Waals surface area (Å²) >= 11 is 0. The van der Waals surface area contributed by atoms with Gasteiger partial charge in [0.2, 0.25) is 0 Å². The lowest BCUT2D eigenvalue weighted by Gasteiger charge is -2.36. The highest BCUT2D eigenvalue weighted by molar-refractivity contribution is 5.24. The lowest BCUT2D eigenvalue weighted by atomic mass is 9.87. The number of methoxy groups -OCH3 is 1. The van der Waals surface area contributed by atoms with Crippen LogP contribution in [0.3, 0.4) is 0 Å². The number of rotatable bonds is 5. The summed E-state index contributed by atoms with van der Waals surface area (Å²) in [5.41, 5.74) is 0.219. The molecular weight excluding hydrogens is 224 g/mol. The van der Waals surface area contributed by atoms with Crippen molar-refractivity contribution < 1.29 is 13.5 Å². The van der Waals surface area contributed by atoms with Crippen LogP contribution >= 0.6 is 0 Å². The average molecular weight is 243 g/mol. The molecule has 2 nitrogen and oxygen atoms in total. The zero-order chi connectivity index (χ0) is 13.1. The summed E-state index contributed by atoms with van der Waals surface area (Å²) in [5.74, 6) is -1.67. The fourth-order valence-corrected chi connectivity index (χ4v) is 1.98. The van der Waals surface area contributed by atoms with E-state index in [1.807, 2.05) is 13.8 Å². The van der Waals surface area contributed by atoms with Gasteiger partial charge in [0, 0.05) is 7.11 Å². The smallest absolute Gasteiger partial charge is 0.159 e. The molecule has 0 amide bonds. The minimum Gasteiger partial charge on any atom is -0.377 e. The van der Waals surface area contributed by atoms with Gasteiger partial charge in [-0.15, -0.1) is 0 Å². The van der Waals surface area contributed by atoms with Gasteiger partial charge >= 0.3 is 0 Å². The molecule has 1 aromatic rings. The third-order valence-electron chi connectivity index (χ3n) is 3.34. The van der Waals surface area contributed by atoms with Gasteiger partial charge in [-0.05, 0) is 38.1 Å². The maximum absolute atomic E-state index is 13.2. The quantitative estimate of drug-likeness (QED) is 0.858. The van der Waals surface area contributed by atoms with Gasteiger partial charge in [-0.1, -0.05) is 13.0 Å². The maximum atomic E-state index is 13.2. The summed E-state index contributed by atoms with van der Waals surface area (Å²) in [4.78, 5) is 0. The Kier molecular flexibility index (Phi) is 4.60. The Hall–Kier alpha value is -1.00. The molecule has 1 rings (SSSR count). The molecule has 2 unspecified atom stereocenters. The van der Waals surface area contributed by atoms with Gasteiger partial charge in [-0.3, -0.25) is 0 Å². The Morgan fingerprint density at radius 2 is 2.00 bits per heavy atom. The van der Waals surface area contributed by atoms with Crippen LogP contribution in [0.15, 0.2) is 18.2 Å². The Labute approximate surface area is 101 Å². The van der Waals surface area contributed by atoms with Crippen molar-refractivity contribution in [3.8, 4) is 0 Å². The average Bonchev–Trinajstić information content (AvgIpc) is 2.34. The Morgan fingerprint density at radius 1 is 1.35 bits per heavy atom. The SMILES string of the molecule is CCC(C)(OC)C(NC)c1ccc(F)c(F)c1. The van der Waals surface area contributed by atoms with Crippen molar-refractivity contribution >= 4 is 0 Å². The lowest BCUT2D eigenvalue weighted by molar-refractivity contribution is -0.0281. The van der Waals surface area contributed by atoms with Crippen LogP contribution < -0.4 is 5.32 Å². The molecule has 96 valence electrons. The Bertz CT molecular complexity index is 378. The largest absolute Gasteiger partial charge is 0.377 e. The third kappa shape index (κ3) is 2.82. The molecule has 1 aromatic carbocycles. The van der Waals surface area contributed by atoms with Gasteiger partial charge in [0.15, 0.2) is 11.6 Å². The first-order chi connectivity index (χ1) is 7.98. The molecule has 1 N–H and O–H groups in total. The Morgan fingerprint density at radius 3 is 2.41 bits per heavy atom. The second-order valence-corrected chi connectivity index (χ2v) is 4.27. The zero-order valence-corrected chi connectivity index (χ0v) is 10.7. The summed E-state index contributed by atoms with van der Waals surface area (Å²) in [7, 11) is 3.40. The number of benzene rings is 1. The molecule has 0 spiro atoms. The fourth-order valence-electron chi connectivity index (χ4n) is 1.98. The standard InChI is InChI=1S/C13H19F2NO/c1-5-13(2,17-4)12(16-3)9-6-7-10(14)11(15)8-9/h6-8,12,16H,5H2,1-4H3. The van der Waals surface area contributed by atoms with Gasteiger partial charge in [-0.25, -0.2) is 8.78 Å². The van der Waals surface area contributed by atoms with E-state index >= 15 is 0 Å². The molecule has 0 aliphatic heterocycles. The molecular formula is C13H19F2NO. The number of ether oxygens (including phenoxy) is 1. The zero-order valence-electron chi connectivity index (χ0n) is 10.7. The monoisotopic (exact) mass is 243 g/mol. The normalized spacial score (nSPS) is 16.6. The van der Waals surface area contributed by atoms with Crippen molar-refractivity contribution in [1.29, 1.82) is 0 Å². The molecule has 2 atom stereocenters. The minimum atomic E-state index is -0.836. The van der Waals surface area contributed by atoms with E-state index in [4.69, 9.17) is 4.74 Å². The summed E-state index contributed by atoms with van der Waals surface area (Å²) in [6.45, 7) is 3.93. The van der Waals surface area contributed by atoms with Gasteiger partial charge in [0.05, 0.1) is 11.6 Å². The van der Waals surface area contributed by atoms with E-state index in [9.17, 15) is 8.78 Å². The van der Waals surface area contributed by atoms with Crippen LogP contribution in [0.1, 0.15) is 31.9 Å². The predicted molar refractivity (Wildman–Crippen MR) is 63.9 cm³/mol. The maximum Gasteiger partial charge on any atom is 0.159 e. The molecule has 0 aliphatic carbocycles. The number of halogens is 2. The van der Waals surface area contributed by atoms with Crippen LogP contribution in [0, 0.1) is 11.6 Å². The summed E-state index contributed by atoms with van der Waals surface area (Å²) in [6.07, 6.45) is 0.758. The van der Waals surface area contributed by atoms with Gasteiger partial charge < -0.3 is 10.1 Å². The van der Waals surface area contributed by atoms with Crippen LogP contribution in [0.4, 0.5) is 8.78 Å². The van der Waals surface area contributed by atoms with Crippen molar-refractivity contribution in [2.45, 2.75) is 31.9 Å². The van der Waals surface area contributed by atoms with Crippen molar-refractivity contribution in [2.75, 3.05) is 14.2 Å². The van der Waals surface area contributed by atoms with Crippen LogP contribution in [-0.4, -0.2) is 19.8 Å². The van der Waals surface area contributed by atoms with Crippen LogP contribution in [0.5, 0.6) is 0 Å². The van der Waals surface area contributed by atoms with E-state index in [0.29, 0.717) is 5.56 Å². The van der Waals surface area contributed by atoms with Crippen molar-refractivity contribution in [3.63, 3.8) is 0 Å². The van der Waals surface area contributed by atoms with E-state index in [2.05, 4.69) is 5.32 Å². The molecule has 0 fully saturated rings. The van der Waals surface area contributed by atoms with Crippen molar-refractivity contribution in [3.05, 3.63) is 35.4 Å². The number of hydrogen-bond donors (Lipinski definition) is 1. The highest BCUT2D eigenvalue weighted by Crippen LogP contribution is 2.31. The molecule has 0 saturated heterocycles. The lowest BCUT2D eigenvalue weighted by Crippen LogP contribution is -2.41. The van der Waals surface area contributed by atoms with E-state index < -0.39 is 17.2 Å². The molecule has 0 bridgehead atoms. The molecule has 0 aliphatic rings. The summed E-state index contributed by atoms with van der Waals surface area (Å²) < 4.78 is 31.6. The molecule has 0 radical (unpaired) electrons. The van der Waals surface area contributed by atoms with Crippen molar-refractivity contribution in [2.24, 2.45) is 0 Å². The molecule has 17 heavy (non-hydrogen) atoms. The van der Waals surface area contributed by atoms with Gasteiger partial charge in [0.1, 0.15) is 0 Å². The Balaban J connectivity index is 3.13. The highest BCUT2D eigenvalue weighted by Gasteiger charge is 2.33. The fraction of sp³-hybridized carbons (Fsp3) is 0.538. The van der Waals surface area contributed by atoms with Gasteiger partial charge in [0.25, 0.3) is 0 Å². The van der Waals surface area contributed by atoms with E-state index in [-0.39, 0.29) is 6.04 Å². The van der Waals surface area contributed by atoms with Crippen LogP contribution in [-0.2, 0) is 4.74 Å². The molecule has 4 heteroatoms. The van der Waals surface area contributed by atoms with Crippen LogP contribution in [0.25, 0.3) is 0 Å². The second-order valence-electron chi connectivity index (χ2n) is 4.27. The first-order valence-electron chi connectivity index (χ1n) is 5.66. The summed E-state index contributed by atoms with van der Waals surface area (Å²) in [5, 5.41) is 3.09. The predicted octanol–water partition coefficient (Wildman–Crippen LogP) is 3.04.